The van der Waals surface area contributed by atoms with Crippen LogP contribution < -0.4 is 11.2 Å². The number of nitrogens with zero attached hydrogens (tertiary/aromatic N) is 3. The number of hydrogen-bond donors (Lipinski definition) is 4. The van der Waals surface area contributed by atoms with Crippen molar-refractivity contribution in [2.45, 2.75) is 45.1 Å². The van der Waals surface area contributed by atoms with Gasteiger partial charge < -0.3 is 10.2 Å². The number of hydrazine groups is 1. The monoisotopic (exact) mass is 367 g/mol. The van der Waals surface area contributed by atoms with E-state index in [4.69, 9.17) is 11.3 Å². The fraction of sp³-hybridized carbons (Fsp3) is 0.421. The van der Waals surface area contributed by atoms with Crippen LogP contribution in [0.4, 0.5) is 5.69 Å². The van der Waals surface area contributed by atoms with Gasteiger partial charge in [0.05, 0.1) is 16.6 Å². The summed E-state index contributed by atoms with van der Waals surface area (Å²) in [6.45, 7) is 3.84. The molecule has 1 aliphatic carbocycles. The Morgan fingerprint density at radius 3 is 2.74 bits per heavy atom. The van der Waals surface area contributed by atoms with Gasteiger partial charge in [0.15, 0.2) is 0 Å². The van der Waals surface area contributed by atoms with Crippen LogP contribution in [0.15, 0.2) is 29.5 Å². The quantitative estimate of drug-likeness (QED) is 0.609. The molecule has 0 unspecified atom stereocenters. The Hall–Kier alpha value is -2.87. The lowest BCUT2D eigenvalue weighted by molar-refractivity contribution is -0.114. The van der Waals surface area contributed by atoms with Crippen molar-refractivity contribution < 1.29 is 4.79 Å². The molecule has 2 aliphatic rings. The van der Waals surface area contributed by atoms with E-state index in [1.807, 2.05) is 32.0 Å². The van der Waals surface area contributed by atoms with Crippen molar-refractivity contribution in [1.29, 1.82) is 5.41 Å². The van der Waals surface area contributed by atoms with E-state index in [1.165, 1.54) is 5.01 Å². The van der Waals surface area contributed by atoms with Gasteiger partial charge in [-0.3, -0.25) is 20.3 Å². The van der Waals surface area contributed by atoms with Crippen molar-refractivity contribution in [3.63, 3.8) is 0 Å². The van der Waals surface area contributed by atoms with Crippen LogP contribution in [0.2, 0.25) is 0 Å². The number of amides is 1. The number of anilines is 1. The number of nitrogens with two attached hydrogens (primary N) is 1. The normalized spacial score (nSPS) is 19.5. The number of guanidine groups is 1. The first-order chi connectivity index (χ1) is 12.8. The van der Waals surface area contributed by atoms with Crippen molar-refractivity contribution in [1.82, 2.24) is 20.1 Å². The minimum absolute atomic E-state index is 0.162. The second-order valence-electron chi connectivity index (χ2n) is 7.49. The molecule has 1 fully saturated rings. The molecular weight excluding hydrogens is 342 g/mol. The van der Waals surface area contributed by atoms with Gasteiger partial charge in [-0.2, -0.15) is 5.10 Å². The fourth-order valence-corrected chi connectivity index (χ4v) is 4.38. The molecule has 0 saturated heterocycles. The first-order valence-electron chi connectivity index (χ1n) is 9.20. The lowest BCUT2D eigenvalue weighted by Gasteiger charge is -2.48. The largest absolute Gasteiger partial charge is 0.322 e. The number of hydrogen-bond acceptors (Lipinski definition) is 4. The molecule has 27 heavy (non-hydrogen) atoms. The summed E-state index contributed by atoms with van der Waals surface area (Å²) in [4.78, 5) is 15.0. The van der Waals surface area contributed by atoms with Gasteiger partial charge in [0.2, 0.25) is 5.96 Å². The average molecular weight is 367 g/mol. The number of aryl methyl sites for hydroxylation is 1. The summed E-state index contributed by atoms with van der Waals surface area (Å²) in [7, 11) is 1.77. The number of nitrogens with one attached hydrogen (secondary N) is 3. The van der Waals surface area contributed by atoms with E-state index >= 15 is 0 Å². The van der Waals surface area contributed by atoms with Crippen LogP contribution in [0, 0.1) is 12.3 Å². The predicted molar refractivity (Wildman–Crippen MR) is 105 cm³/mol. The Morgan fingerprint density at radius 1 is 1.33 bits per heavy atom. The van der Waals surface area contributed by atoms with E-state index in [-0.39, 0.29) is 11.9 Å². The molecule has 8 heteroatoms. The molecule has 1 spiro atoms. The van der Waals surface area contributed by atoms with Crippen molar-refractivity contribution in [2.24, 2.45) is 5.84 Å². The number of allylic oxidation sites excluding steroid dienone is 1. The highest BCUT2D eigenvalue weighted by atomic mass is 16.1. The van der Waals surface area contributed by atoms with Crippen LogP contribution in [-0.4, -0.2) is 44.6 Å². The highest BCUT2D eigenvalue weighted by Crippen LogP contribution is 2.44. The Labute approximate surface area is 157 Å². The Bertz CT molecular complexity index is 968. The number of aromatic nitrogens is 2. The van der Waals surface area contributed by atoms with Crippen LogP contribution in [0.1, 0.15) is 38.3 Å². The van der Waals surface area contributed by atoms with E-state index in [0.29, 0.717) is 5.57 Å². The Kier molecular flexibility index (Phi) is 3.96. The van der Waals surface area contributed by atoms with Gasteiger partial charge in [-0.05, 0) is 44.9 Å². The molecule has 1 amide bonds. The summed E-state index contributed by atoms with van der Waals surface area (Å²) in [5, 5.41) is 21.0. The highest BCUT2D eigenvalue weighted by Gasteiger charge is 2.50. The molecule has 4 rings (SSSR count). The summed E-state index contributed by atoms with van der Waals surface area (Å²) in [6.07, 6.45) is 3.54. The first kappa shape index (κ1) is 17.5. The number of H-pyrrole nitrogens is 1. The van der Waals surface area contributed by atoms with Crippen molar-refractivity contribution in [2.75, 3.05) is 12.4 Å². The minimum Gasteiger partial charge on any atom is -0.322 e. The zero-order valence-electron chi connectivity index (χ0n) is 15.9. The Balaban J connectivity index is 1.73. The van der Waals surface area contributed by atoms with E-state index in [2.05, 4.69) is 15.5 Å². The molecule has 2 aromatic rings. The summed E-state index contributed by atoms with van der Waals surface area (Å²) in [5.74, 6) is 6.37. The van der Waals surface area contributed by atoms with E-state index < -0.39 is 5.54 Å². The molecular formula is C19H25N7O. The maximum absolute atomic E-state index is 13.3. The number of rotatable bonds is 2. The van der Waals surface area contributed by atoms with Crippen LogP contribution in [0.3, 0.4) is 0 Å². The molecule has 0 bridgehead atoms. The molecule has 1 saturated carbocycles. The zero-order chi connectivity index (χ0) is 19.3. The summed E-state index contributed by atoms with van der Waals surface area (Å²) < 4.78 is 0. The van der Waals surface area contributed by atoms with Crippen LogP contribution >= 0.6 is 0 Å². The molecule has 1 aromatic carbocycles. The molecule has 8 nitrogen and oxygen atoms in total. The SMILES string of the molecule is CC1=C(C(=O)Nc2ccc3n[nH]c(C)c3c2)C2(CCCC2)N(N)C(=N)N1C. The molecule has 1 aliphatic heterocycles. The zero-order valence-corrected chi connectivity index (χ0v) is 15.9. The average Bonchev–Trinajstić information content (AvgIpc) is 3.27. The fourth-order valence-electron chi connectivity index (χ4n) is 4.38. The third-order valence-corrected chi connectivity index (χ3v) is 6.00. The van der Waals surface area contributed by atoms with Gasteiger partial charge in [0, 0.05) is 29.5 Å². The van der Waals surface area contributed by atoms with Crippen LogP contribution in [-0.2, 0) is 4.79 Å². The Morgan fingerprint density at radius 2 is 2.04 bits per heavy atom. The number of carbonyl (C=O) groups excluding carboxylic acids is 1. The molecule has 1 aromatic heterocycles. The van der Waals surface area contributed by atoms with Crippen LogP contribution in [0.5, 0.6) is 0 Å². The smallest absolute Gasteiger partial charge is 0.255 e. The summed E-state index contributed by atoms with van der Waals surface area (Å²) in [6, 6.07) is 5.67. The van der Waals surface area contributed by atoms with Gasteiger partial charge in [0.1, 0.15) is 0 Å². The van der Waals surface area contributed by atoms with E-state index in [9.17, 15) is 4.79 Å². The highest BCUT2D eigenvalue weighted by molar-refractivity contribution is 6.08. The topological polar surface area (TPSA) is 114 Å². The third kappa shape index (κ3) is 2.51. The summed E-state index contributed by atoms with van der Waals surface area (Å²) in [5.41, 5.74) is 3.38. The van der Waals surface area contributed by atoms with E-state index in [0.717, 1.165) is 53.7 Å². The van der Waals surface area contributed by atoms with Crippen molar-refractivity contribution in [3.05, 3.63) is 35.2 Å². The molecule has 5 N–H and O–H groups in total. The van der Waals surface area contributed by atoms with E-state index in [1.54, 1.807) is 11.9 Å². The predicted octanol–water partition coefficient (Wildman–Crippen LogP) is 2.45. The lowest BCUT2D eigenvalue weighted by Crippen LogP contribution is -2.64. The summed E-state index contributed by atoms with van der Waals surface area (Å²) >= 11 is 0. The van der Waals surface area contributed by atoms with Gasteiger partial charge in [0.25, 0.3) is 5.91 Å². The molecule has 142 valence electrons. The van der Waals surface area contributed by atoms with Crippen molar-refractivity contribution in [3.8, 4) is 0 Å². The minimum atomic E-state index is -0.604. The van der Waals surface area contributed by atoms with Gasteiger partial charge in [-0.1, -0.05) is 12.8 Å². The number of benzene rings is 1. The molecule has 2 heterocycles. The maximum Gasteiger partial charge on any atom is 0.255 e. The second kappa shape index (κ2) is 6.09. The number of fused-ring (bicyclic) bond motifs is 1. The van der Waals surface area contributed by atoms with Gasteiger partial charge >= 0.3 is 0 Å². The first-order valence-corrected chi connectivity index (χ1v) is 9.20. The second-order valence-corrected chi connectivity index (χ2v) is 7.49. The third-order valence-electron chi connectivity index (χ3n) is 6.00. The number of carbonyl (C=O) groups is 1. The molecule has 0 atom stereocenters. The van der Waals surface area contributed by atoms with Gasteiger partial charge in [-0.25, -0.2) is 5.84 Å². The lowest BCUT2D eigenvalue weighted by atomic mass is 9.83. The van der Waals surface area contributed by atoms with Gasteiger partial charge in [-0.15, -0.1) is 0 Å². The standard InChI is InChI=1S/C19H25N7O/c1-11-14-10-13(6-7-15(14)24-23-11)22-17(27)16-12(2)25(3)18(20)26(21)19(16)8-4-5-9-19/h6-7,10,20H,4-5,8-9,21H2,1-3H3,(H,22,27)(H,23,24). The maximum atomic E-state index is 13.3. The number of aromatic amines is 1. The molecule has 0 radical (unpaired) electrons. The van der Waals surface area contributed by atoms with Crippen molar-refractivity contribution >= 4 is 28.5 Å². The van der Waals surface area contributed by atoms with Crippen LogP contribution in [0.25, 0.3) is 10.9 Å².